The zero-order valence-corrected chi connectivity index (χ0v) is 23.5. The third-order valence-electron chi connectivity index (χ3n) is 8.17. The molecule has 0 saturated carbocycles. The lowest BCUT2D eigenvalue weighted by atomic mass is 9.74. The maximum Gasteiger partial charge on any atom is 0.253 e. The number of nitrogens with zero attached hydrogens (tertiary/aromatic N) is 2. The van der Waals surface area contributed by atoms with Crippen molar-refractivity contribution in [3.05, 3.63) is 63.7 Å². The number of carbonyl (C=O) groups excluding carboxylic acids is 5. The van der Waals surface area contributed by atoms with Crippen LogP contribution in [0.5, 0.6) is 17.2 Å². The summed E-state index contributed by atoms with van der Waals surface area (Å²) in [7, 11) is 1.37. The van der Waals surface area contributed by atoms with E-state index in [1.54, 1.807) is 12.1 Å². The highest BCUT2D eigenvalue weighted by Crippen LogP contribution is 2.47. The minimum atomic E-state index is -0.616. The van der Waals surface area contributed by atoms with Gasteiger partial charge in [0.05, 0.1) is 36.1 Å². The van der Waals surface area contributed by atoms with Gasteiger partial charge in [0.15, 0.2) is 5.78 Å². The average molecular weight is 590 g/mol. The highest BCUT2D eigenvalue weighted by Gasteiger charge is 2.40. The largest absolute Gasteiger partial charge is 0.507 e. The number of ether oxygens (including phenoxy) is 1. The molecule has 0 spiro atoms. The van der Waals surface area contributed by atoms with Gasteiger partial charge in [0.25, 0.3) is 11.8 Å². The molecule has 4 N–H and O–H groups in total. The van der Waals surface area contributed by atoms with Crippen molar-refractivity contribution in [2.24, 2.45) is 11.0 Å². The fraction of sp³-hybridized carbons (Fsp3) is 0.355. The fourth-order valence-electron chi connectivity index (χ4n) is 5.92. The number of aliphatic hydroxyl groups is 1. The zero-order valence-electron chi connectivity index (χ0n) is 23.5. The van der Waals surface area contributed by atoms with Crippen LogP contribution in [-0.4, -0.2) is 75.5 Å². The summed E-state index contributed by atoms with van der Waals surface area (Å²) in [6.45, 7) is -0.178. The first kappa shape index (κ1) is 29.6. The Hall–Kier alpha value is -4.84. The first-order valence-electron chi connectivity index (χ1n) is 14.0. The van der Waals surface area contributed by atoms with E-state index in [2.05, 4.69) is 10.5 Å². The second kappa shape index (κ2) is 12.2. The molecule has 1 atom stereocenters. The van der Waals surface area contributed by atoms with Gasteiger partial charge in [-0.1, -0.05) is 18.6 Å². The Labute approximate surface area is 246 Å². The molecule has 224 valence electrons. The molecular formula is C31H31N3O9. The number of phenols is 2. The summed E-state index contributed by atoms with van der Waals surface area (Å²) in [5.41, 5.74) is 2.93. The Morgan fingerprint density at radius 2 is 1.67 bits per heavy atom. The number of aliphatic hydroxyl groups excluding tert-OH is 1. The second-order valence-corrected chi connectivity index (χ2v) is 10.7. The molecule has 1 aliphatic heterocycles. The normalized spacial score (nSPS) is 17.6. The van der Waals surface area contributed by atoms with Crippen LogP contribution in [0.1, 0.15) is 75.1 Å². The number of ketones is 2. The summed E-state index contributed by atoms with van der Waals surface area (Å²) in [4.78, 5) is 63.5. The first-order chi connectivity index (χ1) is 20.7. The van der Waals surface area contributed by atoms with E-state index in [0.29, 0.717) is 31.2 Å². The van der Waals surface area contributed by atoms with Gasteiger partial charge in [-0.05, 0) is 38.2 Å². The number of phenolic OH excluding ortho intramolecular Hbond substituents is 2. The summed E-state index contributed by atoms with van der Waals surface area (Å²) in [5, 5.41) is 36.5. The number of hydrazone groups is 1. The van der Waals surface area contributed by atoms with Crippen LogP contribution in [0.4, 0.5) is 0 Å². The number of unbranched alkanes of at least 4 members (excludes halogenated alkanes) is 2. The maximum atomic E-state index is 13.4. The SMILES string of the molecule is COc1cccc2c1C(=O)c1c(O)c3c(c(O)c1C2=O)CC(/C(CO)=N/NC(=O)CCCCCN1C(=O)C=CC1=O)CC3. The molecule has 12 nitrogen and oxygen atoms in total. The molecule has 2 aliphatic carbocycles. The average Bonchev–Trinajstić information content (AvgIpc) is 3.33. The van der Waals surface area contributed by atoms with Gasteiger partial charge in [-0.2, -0.15) is 5.10 Å². The maximum absolute atomic E-state index is 13.4. The van der Waals surface area contributed by atoms with Gasteiger partial charge in [0, 0.05) is 47.7 Å². The van der Waals surface area contributed by atoms with E-state index >= 15 is 0 Å². The van der Waals surface area contributed by atoms with Gasteiger partial charge in [-0.15, -0.1) is 0 Å². The number of hydrogen-bond acceptors (Lipinski definition) is 10. The topological polar surface area (TPSA) is 183 Å². The molecule has 43 heavy (non-hydrogen) atoms. The van der Waals surface area contributed by atoms with E-state index in [1.165, 1.54) is 25.3 Å². The second-order valence-electron chi connectivity index (χ2n) is 10.7. The van der Waals surface area contributed by atoms with Gasteiger partial charge in [-0.3, -0.25) is 28.9 Å². The van der Waals surface area contributed by atoms with Gasteiger partial charge >= 0.3 is 0 Å². The van der Waals surface area contributed by atoms with E-state index in [-0.39, 0.29) is 88.6 Å². The Bertz CT molecular complexity index is 1590. The van der Waals surface area contributed by atoms with E-state index in [1.807, 2.05) is 0 Å². The lowest BCUT2D eigenvalue weighted by molar-refractivity contribution is -0.137. The monoisotopic (exact) mass is 589 g/mol. The van der Waals surface area contributed by atoms with Gasteiger partial charge in [0.2, 0.25) is 11.7 Å². The number of amides is 3. The number of benzene rings is 2. The van der Waals surface area contributed by atoms with Crippen LogP contribution in [0.15, 0.2) is 35.5 Å². The predicted octanol–water partition coefficient (Wildman–Crippen LogP) is 1.94. The fourth-order valence-corrected chi connectivity index (χ4v) is 5.92. The lowest BCUT2D eigenvalue weighted by Gasteiger charge is -2.30. The van der Waals surface area contributed by atoms with Crippen LogP contribution in [0.2, 0.25) is 0 Å². The smallest absolute Gasteiger partial charge is 0.253 e. The Balaban J connectivity index is 1.26. The summed E-state index contributed by atoms with van der Waals surface area (Å²) in [6.07, 6.45) is 5.05. The molecule has 1 unspecified atom stereocenters. The molecule has 0 fully saturated rings. The number of fused-ring (bicyclic) bond motifs is 3. The quantitative estimate of drug-likeness (QED) is 0.0903. The summed E-state index contributed by atoms with van der Waals surface area (Å²) >= 11 is 0. The molecule has 5 rings (SSSR count). The molecule has 3 amide bonds. The van der Waals surface area contributed by atoms with Crippen molar-refractivity contribution in [2.45, 2.75) is 44.9 Å². The van der Waals surface area contributed by atoms with E-state index in [4.69, 9.17) is 4.74 Å². The van der Waals surface area contributed by atoms with Crippen LogP contribution in [0.3, 0.4) is 0 Å². The van der Waals surface area contributed by atoms with Crippen molar-refractivity contribution >= 4 is 35.0 Å². The minimum Gasteiger partial charge on any atom is -0.507 e. The number of nitrogens with one attached hydrogen (secondary N) is 1. The van der Waals surface area contributed by atoms with Crippen molar-refractivity contribution in [3.63, 3.8) is 0 Å². The number of aromatic hydroxyl groups is 2. The molecule has 3 aliphatic rings. The molecule has 0 saturated heterocycles. The van der Waals surface area contributed by atoms with E-state index in [0.717, 1.165) is 4.90 Å². The van der Waals surface area contributed by atoms with Crippen LogP contribution < -0.4 is 10.2 Å². The summed E-state index contributed by atoms with van der Waals surface area (Å²) in [6, 6.07) is 4.57. The van der Waals surface area contributed by atoms with Crippen LogP contribution in [0.25, 0.3) is 0 Å². The van der Waals surface area contributed by atoms with Crippen molar-refractivity contribution in [2.75, 3.05) is 20.3 Å². The van der Waals surface area contributed by atoms with Crippen LogP contribution in [0, 0.1) is 5.92 Å². The lowest BCUT2D eigenvalue weighted by Crippen LogP contribution is -2.31. The van der Waals surface area contributed by atoms with Crippen LogP contribution in [-0.2, 0) is 27.2 Å². The number of imide groups is 1. The number of methoxy groups -OCH3 is 1. The van der Waals surface area contributed by atoms with E-state index < -0.39 is 29.8 Å². The molecular weight excluding hydrogens is 558 g/mol. The molecule has 0 bridgehead atoms. The third kappa shape index (κ3) is 5.41. The Morgan fingerprint density at radius 3 is 2.37 bits per heavy atom. The van der Waals surface area contributed by atoms with Gasteiger partial charge in [0.1, 0.15) is 17.2 Å². The molecule has 2 aromatic rings. The van der Waals surface area contributed by atoms with Crippen molar-refractivity contribution in [3.8, 4) is 17.2 Å². The van der Waals surface area contributed by atoms with Crippen molar-refractivity contribution < 1.29 is 44.0 Å². The highest BCUT2D eigenvalue weighted by atomic mass is 16.5. The molecule has 0 radical (unpaired) electrons. The number of rotatable bonds is 10. The van der Waals surface area contributed by atoms with Crippen LogP contribution >= 0.6 is 0 Å². The number of carbonyl (C=O) groups is 5. The molecule has 0 aromatic heterocycles. The van der Waals surface area contributed by atoms with Crippen molar-refractivity contribution in [1.82, 2.24) is 10.3 Å². The predicted molar refractivity (Wildman–Crippen MR) is 152 cm³/mol. The molecule has 2 aromatic carbocycles. The Morgan fingerprint density at radius 1 is 0.977 bits per heavy atom. The minimum absolute atomic E-state index is 0.0328. The number of hydrogen-bond donors (Lipinski definition) is 4. The van der Waals surface area contributed by atoms with E-state index in [9.17, 15) is 39.3 Å². The van der Waals surface area contributed by atoms with Gasteiger partial charge in [-0.25, -0.2) is 5.43 Å². The standard InChI is InChI=1S/C31H31N3O9/c1-43-21-7-5-6-18-25(21)31(42)27-26(29(18)40)30(41)19-14-16(9-10-17(19)28(27)39)20(15-35)32-33-22(36)8-3-2-4-13-34-23(37)11-12-24(34)38/h5-7,11-12,16,35,39,41H,2-4,8-10,13-15H2,1H3,(H,33,36)/b32-20+. The van der Waals surface area contributed by atoms with Gasteiger partial charge < -0.3 is 20.1 Å². The first-order valence-corrected chi connectivity index (χ1v) is 14.0. The molecule has 1 heterocycles. The van der Waals surface area contributed by atoms with Crippen molar-refractivity contribution in [1.29, 1.82) is 0 Å². The third-order valence-corrected chi connectivity index (χ3v) is 8.17. The highest BCUT2D eigenvalue weighted by molar-refractivity contribution is 6.31. The summed E-state index contributed by atoms with van der Waals surface area (Å²) < 4.78 is 5.27. The molecule has 12 heteroatoms. The zero-order chi connectivity index (χ0) is 30.8. The Kier molecular flexibility index (Phi) is 8.40. The summed E-state index contributed by atoms with van der Waals surface area (Å²) in [5.74, 6) is -3.25.